The van der Waals surface area contributed by atoms with Gasteiger partial charge in [0.25, 0.3) is 0 Å². The number of H-pyrrole nitrogens is 1. The lowest BCUT2D eigenvalue weighted by molar-refractivity contribution is -0.128. The molecule has 0 radical (unpaired) electrons. The van der Waals surface area contributed by atoms with Gasteiger partial charge in [-0.1, -0.05) is 11.3 Å². The molecule has 0 aromatic carbocycles. The first kappa shape index (κ1) is 9.93. The number of aromatic nitrogens is 1. The summed E-state index contributed by atoms with van der Waals surface area (Å²) < 4.78 is 0. The van der Waals surface area contributed by atoms with Crippen molar-refractivity contribution in [1.82, 2.24) is 9.88 Å². The van der Waals surface area contributed by atoms with Crippen molar-refractivity contribution >= 4 is 17.2 Å². The van der Waals surface area contributed by atoms with Gasteiger partial charge in [0.1, 0.15) is 0 Å². The van der Waals surface area contributed by atoms with E-state index in [0.29, 0.717) is 19.5 Å². The Kier molecular flexibility index (Phi) is 2.56. The van der Waals surface area contributed by atoms with E-state index in [0.717, 1.165) is 17.0 Å². The average molecular weight is 223 g/mol. The van der Waals surface area contributed by atoms with Gasteiger partial charge in [0, 0.05) is 24.0 Å². The zero-order valence-corrected chi connectivity index (χ0v) is 8.71. The monoisotopic (exact) mass is 223 g/mol. The van der Waals surface area contributed by atoms with Crippen LogP contribution in [0.1, 0.15) is 12.1 Å². The molecule has 78 valence electrons. The largest absolute Gasteiger partial charge is 0.335 e. The van der Waals surface area contributed by atoms with E-state index in [1.54, 1.807) is 10.3 Å². The van der Waals surface area contributed by atoms with Gasteiger partial charge in [-0.25, -0.2) is 0 Å². The Morgan fingerprint density at radius 2 is 2.47 bits per heavy atom. The van der Waals surface area contributed by atoms with Crippen LogP contribution in [0, 0.1) is 17.2 Å². The maximum atomic E-state index is 11.4. The number of nitriles is 1. The molecule has 1 aliphatic rings. The Hall–Kier alpha value is -1.61. The molecule has 1 amide bonds. The molecule has 2 rings (SSSR count). The van der Waals surface area contributed by atoms with Gasteiger partial charge in [0.15, 0.2) is 0 Å². The molecule has 5 nitrogen and oxygen atoms in total. The molecule has 1 unspecified atom stereocenters. The molecule has 1 aromatic heterocycles. The molecule has 1 fully saturated rings. The Balaban J connectivity index is 2.05. The summed E-state index contributed by atoms with van der Waals surface area (Å²) in [5, 5.41) is 10.4. The minimum atomic E-state index is -0.206. The Bertz CT molecular complexity index is 470. The molecule has 1 aromatic rings. The zero-order valence-electron chi connectivity index (χ0n) is 7.90. The summed E-state index contributed by atoms with van der Waals surface area (Å²) in [5.74, 6) is -0.226. The summed E-state index contributed by atoms with van der Waals surface area (Å²) >= 11 is 1.08. The zero-order chi connectivity index (χ0) is 10.8. The molecule has 0 bridgehead atoms. The Morgan fingerprint density at radius 3 is 3.00 bits per heavy atom. The van der Waals surface area contributed by atoms with Crippen LogP contribution in [0.3, 0.4) is 0 Å². The van der Waals surface area contributed by atoms with Gasteiger partial charge in [0.2, 0.25) is 5.91 Å². The van der Waals surface area contributed by atoms with E-state index < -0.39 is 0 Å². The van der Waals surface area contributed by atoms with Crippen molar-refractivity contribution in [1.29, 1.82) is 5.26 Å². The lowest BCUT2D eigenvalue weighted by Gasteiger charge is -2.13. The maximum absolute atomic E-state index is 11.4. The first-order chi connectivity index (χ1) is 7.19. The first-order valence-corrected chi connectivity index (χ1v) is 5.41. The predicted molar refractivity (Wildman–Crippen MR) is 54.1 cm³/mol. The number of aromatic amines is 1. The van der Waals surface area contributed by atoms with Crippen LogP contribution in [-0.4, -0.2) is 22.3 Å². The number of rotatable bonds is 2. The second-order valence-corrected chi connectivity index (χ2v) is 4.32. The van der Waals surface area contributed by atoms with Gasteiger partial charge in [-0.15, -0.1) is 0 Å². The van der Waals surface area contributed by atoms with Crippen LogP contribution in [0.25, 0.3) is 0 Å². The van der Waals surface area contributed by atoms with Gasteiger partial charge < -0.3 is 9.88 Å². The standard InChI is InChI=1S/C9H9N3O2S/c10-2-6-1-8(13)12(3-6)4-7-5-15-9(14)11-7/h5-6H,1,3-4H2,(H,11,14). The normalized spacial score (nSPS) is 20.6. The lowest BCUT2D eigenvalue weighted by atomic mass is 10.1. The molecule has 0 saturated carbocycles. The van der Waals surface area contributed by atoms with E-state index in [2.05, 4.69) is 11.1 Å². The van der Waals surface area contributed by atoms with E-state index in [1.807, 2.05) is 0 Å². The van der Waals surface area contributed by atoms with Crippen LogP contribution in [0.5, 0.6) is 0 Å². The number of nitrogens with zero attached hydrogens (tertiary/aromatic N) is 2. The highest BCUT2D eigenvalue weighted by molar-refractivity contribution is 7.07. The van der Waals surface area contributed by atoms with Crippen LogP contribution in [-0.2, 0) is 11.3 Å². The van der Waals surface area contributed by atoms with Crippen LogP contribution >= 0.6 is 11.3 Å². The van der Waals surface area contributed by atoms with E-state index in [1.165, 1.54) is 0 Å². The number of amides is 1. The fourth-order valence-corrected chi connectivity index (χ4v) is 2.18. The molecular weight excluding hydrogens is 214 g/mol. The third kappa shape index (κ3) is 2.07. The smallest absolute Gasteiger partial charge is 0.304 e. The predicted octanol–water partition coefficient (Wildman–Crippen LogP) is 0.308. The van der Waals surface area contributed by atoms with Crippen molar-refractivity contribution in [2.45, 2.75) is 13.0 Å². The number of carbonyl (C=O) groups excluding carboxylic acids is 1. The Morgan fingerprint density at radius 1 is 1.67 bits per heavy atom. The summed E-state index contributed by atoms with van der Waals surface area (Å²) in [6, 6.07) is 2.08. The Labute approximate surface area is 90.0 Å². The SMILES string of the molecule is N#CC1CC(=O)N(Cc2csc(=O)[nH]2)C1. The molecule has 15 heavy (non-hydrogen) atoms. The van der Waals surface area contributed by atoms with Gasteiger partial charge in [-0.3, -0.25) is 9.59 Å². The van der Waals surface area contributed by atoms with Gasteiger partial charge in [-0.2, -0.15) is 5.26 Å². The van der Waals surface area contributed by atoms with Crippen molar-refractivity contribution in [2.75, 3.05) is 6.54 Å². The van der Waals surface area contributed by atoms with Crippen molar-refractivity contribution in [3.05, 3.63) is 20.7 Å². The number of likely N-dealkylation sites (tertiary alicyclic amines) is 1. The van der Waals surface area contributed by atoms with E-state index in [-0.39, 0.29) is 16.7 Å². The topological polar surface area (TPSA) is 77.0 Å². The molecular formula is C9H9N3O2S. The number of thiazole rings is 1. The highest BCUT2D eigenvalue weighted by Crippen LogP contribution is 2.18. The molecule has 6 heteroatoms. The van der Waals surface area contributed by atoms with Gasteiger partial charge in [0.05, 0.1) is 18.5 Å². The van der Waals surface area contributed by atoms with Crippen LogP contribution in [0.15, 0.2) is 10.2 Å². The average Bonchev–Trinajstić information content (AvgIpc) is 2.75. The van der Waals surface area contributed by atoms with Gasteiger partial charge >= 0.3 is 4.87 Å². The van der Waals surface area contributed by atoms with Crippen molar-refractivity contribution in [3.8, 4) is 6.07 Å². The highest BCUT2D eigenvalue weighted by Gasteiger charge is 2.29. The van der Waals surface area contributed by atoms with E-state index in [9.17, 15) is 9.59 Å². The fourth-order valence-electron chi connectivity index (χ4n) is 1.61. The quantitative estimate of drug-likeness (QED) is 0.783. The molecule has 1 aliphatic heterocycles. The van der Waals surface area contributed by atoms with Crippen LogP contribution in [0.2, 0.25) is 0 Å². The van der Waals surface area contributed by atoms with Crippen LogP contribution < -0.4 is 4.87 Å². The number of hydrogen-bond donors (Lipinski definition) is 1. The maximum Gasteiger partial charge on any atom is 0.304 e. The second kappa shape index (κ2) is 3.87. The third-order valence-electron chi connectivity index (χ3n) is 2.33. The number of carbonyl (C=O) groups is 1. The summed E-state index contributed by atoms with van der Waals surface area (Å²) in [6.45, 7) is 0.864. The van der Waals surface area contributed by atoms with E-state index >= 15 is 0 Å². The summed E-state index contributed by atoms with van der Waals surface area (Å²) in [5.41, 5.74) is 0.733. The summed E-state index contributed by atoms with van der Waals surface area (Å²) in [6.07, 6.45) is 0.296. The fraction of sp³-hybridized carbons (Fsp3) is 0.444. The van der Waals surface area contributed by atoms with Crippen molar-refractivity contribution in [2.24, 2.45) is 5.92 Å². The van der Waals surface area contributed by atoms with Crippen LogP contribution in [0.4, 0.5) is 0 Å². The number of nitrogens with one attached hydrogen (secondary N) is 1. The molecule has 1 atom stereocenters. The van der Waals surface area contributed by atoms with Gasteiger partial charge in [-0.05, 0) is 0 Å². The molecule has 2 heterocycles. The molecule has 0 aliphatic carbocycles. The highest BCUT2D eigenvalue weighted by atomic mass is 32.1. The first-order valence-electron chi connectivity index (χ1n) is 4.53. The van der Waals surface area contributed by atoms with E-state index in [4.69, 9.17) is 5.26 Å². The molecule has 1 N–H and O–H groups in total. The second-order valence-electron chi connectivity index (χ2n) is 3.48. The lowest BCUT2D eigenvalue weighted by Crippen LogP contribution is -2.24. The molecule has 0 spiro atoms. The third-order valence-corrected chi connectivity index (χ3v) is 3.05. The summed E-state index contributed by atoms with van der Waals surface area (Å²) in [4.78, 5) is 26.4. The van der Waals surface area contributed by atoms with Crippen molar-refractivity contribution < 1.29 is 4.79 Å². The van der Waals surface area contributed by atoms with Crippen molar-refractivity contribution in [3.63, 3.8) is 0 Å². The molecule has 1 saturated heterocycles. The number of hydrogen-bond acceptors (Lipinski definition) is 4. The minimum Gasteiger partial charge on any atom is -0.335 e. The summed E-state index contributed by atoms with van der Waals surface area (Å²) in [7, 11) is 0. The minimum absolute atomic E-state index is 0.0198.